The minimum Gasteiger partial charge on any atom is -0.444 e. The molecule has 1 N–H and O–H groups in total. The van der Waals surface area contributed by atoms with Gasteiger partial charge >= 0.3 is 6.09 Å². The Morgan fingerprint density at radius 1 is 1.41 bits per heavy atom. The number of aromatic nitrogens is 2. The van der Waals surface area contributed by atoms with Gasteiger partial charge in [-0.1, -0.05) is 17.3 Å². The van der Waals surface area contributed by atoms with Gasteiger partial charge in [0.15, 0.2) is 0 Å². The lowest BCUT2D eigenvalue weighted by molar-refractivity contribution is -0.105. The molecule has 1 aliphatic heterocycles. The molecule has 3 rings (SSSR count). The summed E-state index contributed by atoms with van der Waals surface area (Å²) in [5, 5.41) is 6.68. The highest BCUT2D eigenvalue weighted by molar-refractivity contribution is 5.76. The minimum atomic E-state index is -0.491. The van der Waals surface area contributed by atoms with Gasteiger partial charge in [0.05, 0.1) is 0 Å². The third-order valence-corrected chi connectivity index (χ3v) is 4.25. The van der Waals surface area contributed by atoms with E-state index in [-0.39, 0.29) is 12.0 Å². The molecule has 1 aromatic carbocycles. The molecule has 144 valence electrons. The Labute approximate surface area is 157 Å². The van der Waals surface area contributed by atoms with Gasteiger partial charge in [-0.3, -0.25) is 4.79 Å². The summed E-state index contributed by atoms with van der Waals surface area (Å²) in [6, 6.07) is 5.58. The van der Waals surface area contributed by atoms with Crippen molar-refractivity contribution in [3.63, 3.8) is 0 Å². The zero-order valence-electron chi connectivity index (χ0n) is 16.0. The van der Waals surface area contributed by atoms with Crippen LogP contribution in [0.25, 0.3) is 11.4 Å². The van der Waals surface area contributed by atoms with Gasteiger partial charge in [0.2, 0.25) is 18.1 Å². The number of rotatable bonds is 5. The van der Waals surface area contributed by atoms with Gasteiger partial charge in [0.1, 0.15) is 5.60 Å². The van der Waals surface area contributed by atoms with Crippen molar-refractivity contribution in [3.05, 3.63) is 29.7 Å². The van der Waals surface area contributed by atoms with E-state index in [1.807, 2.05) is 45.9 Å². The standard InChI is InChI=1S/C19H24N4O4/c1-12-5-6-14(8-15(12)20-11-24)17-21-16(27-22-17)7-13-9-23(10-13)18(25)26-19(2,3)4/h5-6,8,11,13H,7,9-10H2,1-4H3,(H,20,24). The first-order valence-corrected chi connectivity index (χ1v) is 8.87. The van der Waals surface area contributed by atoms with Gasteiger partial charge in [0.25, 0.3) is 0 Å². The average molecular weight is 372 g/mol. The van der Waals surface area contributed by atoms with Crippen LogP contribution < -0.4 is 5.32 Å². The molecule has 0 unspecified atom stereocenters. The number of benzene rings is 1. The summed E-state index contributed by atoms with van der Waals surface area (Å²) < 4.78 is 10.7. The predicted octanol–water partition coefficient (Wildman–Crippen LogP) is 3.02. The lowest BCUT2D eigenvalue weighted by atomic mass is 9.97. The molecule has 0 bridgehead atoms. The maximum absolute atomic E-state index is 12.0. The van der Waals surface area contributed by atoms with Crippen molar-refractivity contribution in [1.82, 2.24) is 15.0 Å². The maximum Gasteiger partial charge on any atom is 0.410 e. The molecule has 8 heteroatoms. The van der Waals surface area contributed by atoms with E-state index in [0.717, 1.165) is 11.1 Å². The highest BCUT2D eigenvalue weighted by atomic mass is 16.6. The fraction of sp³-hybridized carbons (Fsp3) is 0.474. The molecule has 2 amide bonds. The van der Waals surface area contributed by atoms with Crippen LogP contribution in [0.5, 0.6) is 0 Å². The highest BCUT2D eigenvalue weighted by Gasteiger charge is 2.34. The first-order valence-electron chi connectivity index (χ1n) is 8.87. The molecule has 0 saturated carbocycles. The average Bonchev–Trinajstić information content (AvgIpc) is 2.99. The molecule has 1 aliphatic rings. The van der Waals surface area contributed by atoms with Crippen molar-refractivity contribution in [3.8, 4) is 11.4 Å². The monoisotopic (exact) mass is 372 g/mol. The normalized spacial score (nSPS) is 14.6. The third kappa shape index (κ3) is 4.64. The number of amides is 2. The van der Waals surface area contributed by atoms with Crippen LogP contribution in [-0.2, 0) is 16.0 Å². The van der Waals surface area contributed by atoms with E-state index >= 15 is 0 Å². The second kappa shape index (κ2) is 7.38. The number of carbonyl (C=O) groups is 2. The first kappa shape index (κ1) is 18.9. The van der Waals surface area contributed by atoms with Crippen LogP contribution in [0.15, 0.2) is 22.7 Å². The number of anilines is 1. The van der Waals surface area contributed by atoms with Crippen LogP contribution in [-0.4, -0.2) is 46.2 Å². The first-order chi connectivity index (χ1) is 12.7. The van der Waals surface area contributed by atoms with E-state index in [4.69, 9.17) is 9.26 Å². The Morgan fingerprint density at radius 2 is 2.15 bits per heavy atom. The summed E-state index contributed by atoms with van der Waals surface area (Å²) in [5.74, 6) is 1.28. The molecule has 1 aromatic heterocycles. The van der Waals surface area contributed by atoms with Crippen molar-refractivity contribution < 1.29 is 18.8 Å². The van der Waals surface area contributed by atoms with Gasteiger partial charge in [-0.2, -0.15) is 4.98 Å². The molecular formula is C19H24N4O4. The number of nitrogens with zero attached hydrogens (tertiary/aromatic N) is 3. The summed E-state index contributed by atoms with van der Waals surface area (Å²) in [7, 11) is 0. The largest absolute Gasteiger partial charge is 0.444 e. The number of ether oxygens (including phenoxy) is 1. The zero-order chi connectivity index (χ0) is 19.6. The van der Waals surface area contributed by atoms with E-state index in [1.54, 1.807) is 4.90 Å². The van der Waals surface area contributed by atoms with E-state index in [2.05, 4.69) is 15.5 Å². The summed E-state index contributed by atoms with van der Waals surface area (Å²) in [5.41, 5.74) is 1.94. The number of hydrogen-bond acceptors (Lipinski definition) is 6. The molecule has 0 atom stereocenters. The van der Waals surface area contributed by atoms with Crippen molar-refractivity contribution in [2.45, 2.75) is 39.7 Å². The molecule has 0 aliphatic carbocycles. The highest BCUT2D eigenvalue weighted by Crippen LogP contribution is 2.26. The van der Waals surface area contributed by atoms with Crippen LogP contribution in [0.1, 0.15) is 32.2 Å². The molecule has 8 nitrogen and oxygen atoms in total. The predicted molar refractivity (Wildman–Crippen MR) is 99.2 cm³/mol. The number of aryl methyl sites for hydroxylation is 1. The zero-order valence-corrected chi connectivity index (χ0v) is 16.0. The Hall–Kier alpha value is -2.90. The van der Waals surface area contributed by atoms with Gasteiger partial charge in [-0.15, -0.1) is 0 Å². The van der Waals surface area contributed by atoms with Gasteiger partial charge in [-0.05, 0) is 39.3 Å². The summed E-state index contributed by atoms with van der Waals surface area (Å²) in [4.78, 5) is 28.8. The Balaban J connectivity index is 1.58. The number of likely N-dealkylation sites (tertiary alicyclic amines) is 1. The van der Waals surface area contributed by atoms with Crippen LogP contribution >= 0.6 is 0 Å². The van der Waals surface area contributed by atoms with Crippen molar-refractivity contribution >= 4 is 18.2 Å². The lowest BCUT2D eigenvalue weighted by Crippen LogP contribution is -2.52. The molecule has 27 heavy (non-hydrogen) atoms. The van der Waals surface area contributed by atoms with E-state index in [1.165, 1.54) is 0 Å². The Morgan fingerprint density at radius 3 is 2.81 bits per heavy atom. The molecule has 0 spiro atoms. The Bertz CT molecular complexity index is 834. The van der Waals surface area contributed by atoms with Crippen molar-refractivity contribution in [1.29, 1.82) is 0 Å². The third-order valence-electron chi connectivity index (χ3n) is 4.25. The van der Waals surface area contributed by atoms with E-state index < -0.39 is 5.60 Å². The number of carbonyl (C=O) groups excluding carboxylic acids is 2. The van der Waals surface area contributed by atoms with Gasteiger partial charge < -0.3 is 19.5 Å². The molecule has 2 heterocycles. The molecule has 0 radical (unpaired) electrons. The van der Waals surface area contributed by atoms with E-state index in [0.29, 0.717) is 43.3 Å². The fourth-order valence-corrected chi connectivity index (χ4v) is 2.86. The van der Waals surface area contributed by atoms with Crippen LogP contribution in [0.4, 0.5) is 10.5 Å². The topological polar surface area (TPSA) is 97.6 Å². The molecule has 1 saturated heterocycles. The van der Waals surface area contributed by atoms with Crippen molar-refractivity contribution in [2.75, 3.05) is 18.4 Å². The fourth-order valence-electron chi connectivity index (χ4n) is 2.86. The molecular weight excluding hydrogens is 348 g/mol. The second-order valence-corrected chi connectivity index (χ2v) is 7.76. The maximum atomic E-state index is 12.0. The SMILES string of the molecule is Cc1ccc(-c2noc(CC3CN(C(=O)OC(C)(C)C)C3)n2)cc1NC=O. The van der Waals surface area contributed by atoms with Crippen LogP contribution in [0, 0.1) is 12.8 Å². The Kier molecular flexibility index (Phi) is 5.16. The van der Waals surface area contributed by atoms with Crippen molar-refractivity contribution in [2.24, 2.45) is 5.92 Å². The van der Waals surface area contributed by atoms with Crippen LogP contribution in [0.2, 0.25) is 0 Å². The smallest absolute Gasteiger partial charge is 0.410 e. The number of hydrogen-bond donors (Lipinski definition) is 1. The summed E-state index contributed by atoms with van der Waals surface area (Å²) in [6.45, 7) is 8.69. The van der Waals surface area contributed by atoms with Gasteiger partial charge in [0, 0.05) is 36.7 Å². The van der Waals surface area contributed by atoms with Crippen LogP contribution in [0.3, 0.4) is 0 Å². The molecule has 2 aromatic rings. The minimum absolute atomic E-state index is 0.274. The van der Waals surface area contributed by atoms with Gasteiger partial charge in [-0.25, -0.2) is 4.79 Å². The lowest BCUT2D eigenvalue weighted by Gasteiger charge is -2.39. The summed E-state index contributed by atoms with van der Waals surface area (Å²) in [6.07, 6.45) is 0.957. The summed E-state index contributed by atoms with van der Waals surface area (Å²) >= 11 is 0. The number of nitrogens with one attached hydrogen (secondary N) is 1. The quantitative estimate of drug-likeness (QED) is 0.810. The molecule has 1 fully saturated rings. The second-order valence-electron chi connectivity index (χ2n) is 7.76. The van der Waals surface area contributed by atoms with E-state index in [9.17, 15) is 9.59 Å².